The second kappa shape index (κ2) is 3.34. The Morgan fingerprint density at radius 1 is 1.62 bits per heavy atom. The molecule has 0 unspecified atom stereocenters. The van der Waals surface area contributed by atoms with Gasteiger partial charge in [0, 0.05) is 19.3 Å². The molecular weight excluding hydrogens is 169 g/mol. The largest absolute Gasteiger partial charge is 0.372 e. The van der Waals surface area contributed by atoms with E-state index in [4.69, 9.17) is 4.74 Å². The van der Waals surface area contributed by atoms with Crippen LogP contribution >= 0.6 is 0 Å². The second-order valence-electron chi connectivity index (χ2n) is 3.32. The minimum Gasteiger partial charge on any atom is -0.372 e. The molecule has 0 amide bonds. The Balaban J connectivity index is 2.04. The van der Waals surface area contributed by atoms with Crippen molar-refractivity contribution in [2.75, 3.05) is 25.1 Å². The van der Waals surface area contributed by atoms with Crippen LogP contribution in [0.5, 0.6) is 0 Å². The minimum atomic E-state index is -0.193. The number of ether oxygens (including phenoxy) is 1. The lowest BCUT2D eigenvalue weighted by Gasteiger charge is -2.17. The number of halogens is 1. The van der Waals surface area contributed by atoms with E-state index in [1.165, 1.54) is 12.1 Å². The van der Waals surface area contributed by atoms with E-state index in [2.05, 4.69) is 0 Å². The monoisotopic (exact) mass is 181 g/mol. The molecule has 0 spiro atoms. The topological polar surface area (TPSA) is 15.8 Å². The first kappa shape index (κ1) is 8.51. The summed E-state index contributed by atoms with van der Waals surface area (Å²) >= 11 is 0. The summed E-state index contributed by atoms with van der Waals surface area (Å²) in [4.78, 5) is 2.00. The predicted molar refractivity (Wildman–Crippen MR) is 49.4 cm³/mol. The van der Waals surface area contributed by atoms with E-state index >= 15 is 0 Å². The molecular formula is C10H12FNO. The first-order chi connectivity index (χ1) is 6.25. The summed E-state index contributed by atoms with van der Waals surface area (Å²) in [6.45, 7) is 1.67. The maximum absolute atomic E-state index is 12.8. The van der Waals surface area contributed by atoms with Crippen molar-refractivity contribution in [2.24, 2.45) is 0 Å². The number of anilines is 1. The van der Waals surface area contributed by atoms with Gasteiger partial charge in [0.2, 0.25) is 0 Å². The molecule has 1 atom stereocenters. The summed E-state index contributed by atoms with van der Waals surface area (Å²) < 4.78 is 17.9. The SMILES string of the molecule is CN(C[C@@H]1CO1)c1cccc(F)c1. The third-order valence-electron chi connectivity index (χ3n) is 2.13. The molecule has 0 radical (unpaired) electrons. The normalized spacial score (nSPS) is 20.0. The van der Waals surface area contributed by atoms with Gasteiger partial charge in [0.05, 0.1) is 12.7 Å². The summed E-state index contributed by atoms with van der Waals surface area (Å²) in [5.74, 6) is -0.193. The van der Waals surface area contributed by atoms with Crippen LogP contribution in [0.4, 0.5) is 10.1 Å². The summed E-state index contributed by atoms with van der Waals surface area (Å²) in [5.41, 5.74) is 0.899. The van der Waals surface area contributed by atoms with Gasteiger partial charge in [0.1, 0.15) is 5.82 Å². The van der Waals surface area contributed by atoms with Gasteiger partial charge >= 0.3 is 0 Å². The quantitative estimate of drug-likeness (QED) is 0.659. The van der Waals surface area contributed by atoms with Crippen molar-refractivity contribution in [1.82, 2.24) is 0 Å². The van der Waals surface area contributed by atoms with Crippen LogP contribution in [-0.4, -0.2) is 26.3 Å². The first-order valence-electron chi connectivity index (χ1n) is 4.34. The van der Waals surface area contributed by atoms with Crippen LogP contribution in [0, 0.1) is 5.82 Å². The zero-order chi connectivity index (χ0) is 9.26. The lowest BCUT2D eigenvalue weighted by Crippen LogP contribution is -2.22. The van der Waals surface area contributed by atoms with E-state index in [0.717, 1.165) is 18.8 Å². The molecule has 1 aromatic carbocycles. The fourth-order valence-electron chi connectivity index (χ4n) is 1.30. The number of nitrogens with zero attached hydrogens (tertiary/aromatic N) is 1. The zero-order valence-electron chi connectivity index (χ0n) is 7.53. The highest BCUT2D eigenvalue weighted by Crippen LogP contribution is 2.17. The van der Waals surface area contributed by atoms with E-state index in [9.17, 15) is 4.39 Å². The van der Waals surface area contributed by atoms with Crippen molar-refractivity contribution < 1.29 is 9.13 Å². The van der Waals surface area contributed by atoms with Gasteiger partial charge < -0.3 is 9.64 Å². The molecule has 3 heteroatoms. The number of hydrogen-bond donors (Lipinski definition) is 0. The van der Waals surface area contributed by atoms with Gasteiger partial charge in [-0.3, -0.25) is 0 Å². The molecule has 1 aromatic rings. The molecule has 0 bridgehead atoms. The molecule has 2 rings (SSSR count). The van der Waals surface area contributed by atoms with Gasteiger partial charge in [-0.25, -0.2) is 4.39 Å². The van der Waals surface area contributed by atoms with Crippen molar-refractivity contribution in [3.8, 4) is 0 Å². The molecule has 1 fully saturated rings. The minimum absolute atomic E-state index is 0.193. The molecule has 1 aliphatic rings. The smallest absolute Gasteiger partial charge is 0.125 e. The Bertz CT molecular complexity index is 299. The highest BCUT2D eigenvalue weighted by Gasteiger charge is 2.24. The molecule has 70 valence electrons. The third-order valence-corrected chi connectivity index (χ3v) is 2.13. The van der Waals surface area contributed by atoms with Crippen LogP contribution < -0.4 is 4.90 Å². The summed E-state index contributed by atoms with van der Waals surface area (Å²) in [7, 11) is 1.94. The molecule has 1 heterocycles. The molecule has 2 nitrogen and oxygen atoms in total. The average molecular weight is 181 g/mol. The number of benzene rings is 1. The zero-order valence-corrected chi connectivity index (χ0v) is 7.53. The third kappa shape index (κ3) is 2.18. The summed E-state index contributed by atoms with van der Waals surface area (Å²) in [6, 6.07) is 6.59. The van der Waals surface area contributed by atoms with E-state index in [0.29, 0.717) is 6.10 Å². The van der Waals surface area contributed by atoms with Crippen molar-refractivity contribution in [3.05, 3.63) is 30.1 Å². The number of likely N-dealkylation sites (N-methyl/N-ethyl adjacent to an activating group) is 1. The Morgan fingerprint density at radius 3 is 3.00 bits per heavy atom. The fraction of sp³-hybridized carbons (Fsp3) is 0.400. The highest BCUT2D eigenvalue weighted by molar-refractivity contribution is 5.45. The first-order valence-corrected chi connectivity index (χ1v) is 4.34. The predicted octanol–water partition coefficient (Wildman–Crippen LogP) is 1.66. The standard InChI is InChI=1S/C10H12FNO/c1-12(6-10-7-13-10)9-4-2-3-8(11)5-9/h2-5,10H,6-7H2,1H3/t10-/m1/s1. The van der Waals surface area contributed by atoms with Crippen molar-refractivity contribution in [2.45, 2.75) is 6.10 Å². The van der Waals surface area contributed by atoms with Gasteiger partial charge in [-0.2, -0.15) is 0 Å². The fourth-order valence-corrected chi connectivity index (χ4v) is 1.30. The van der Waals surface area contributed by atoms with Crippen molar-refractivity contribution in [3.63, 3.8) is 0 Å². The number of hydrogen-bond acceptors (Lipinski definition) is 2. The van der Waals surface area contributed by atoms with Gasteiger partial charge in [0.25, 0.3) is 0 Å². The Kier molecular flexibility index (Phi) is 2.19. The van der Waals surface area contributed by atoms with Crippen LogP contribution in [-0.2, 0) is 4.74 Å². The lowest BCUT2D eigenvalue weighted by atomic mass is 10.3. The van der Waals surface area contributed by atoms with E-state index < -0.39 is 0 Å². The summed E-state index contributed by atoms with van der Waals surface area (Å²) in [5, 5.41) is 0. The van der Waals surface area contributed by atoms with Gasteiger partial charge in [-0.15, -0.1) is 0 Å². The Labute approximate surface area is 76.9 Å². The average Bonchev–Trinajstić information content (AvgIpc) is 2.88. The highest BCUT2D eigenvalue weighted by atomic mass is 19.1. The Hall–Kier alpha value is -1.09. The van der Waals surface area contributed by atoms with Gasteiger partial charge in [-0.1, -0.05) is 6.07 Å². The molecule has 0 N–H and O–H groups in total. The number of epoxide rings is 1. The van der Waals surface area contributed by atoms with E-state index in [1.54, 1.807) is 6.07 Å². The molecule has 0 saturated carbocycles. The maximum atomic E-state index is 12.8. The molecule has 0 aromatic heterocycles. The van der Waals surface area contributed by atoms with Crippen LogP contribution in [0.2, 0.25) is 0 Å². The second-order valence-corrected chi connectivity index (χ2v) is 3.32. The van der Waals surface area contributed by atoms with Gasteiger partial charge in [0.15, 0.2) is 0 Å². The van der Waals surface area contributed by atoms with Crippen LogP contribution in [0.3, 0.4) is 0 Å². The van der Waals surface area contributed by atoms with Crippen LogP contribution in [0.25, 0.3) is 0 Å². The van der Waals surface area contributed by atoms with Gasteiger partial charge in [-0.05, 0) is 18.2 Å². The molecule has 1 saturated heterocycles. The van der Waals surface area contributed by atoms with Crippen molar-refractivity contribution >= 4 is 5.69 Å². The lowest BCUT2D eigenvalue weighted by molar-refractivity contribution is 0.410. The van der Waals surface area contributed by atoms with Crippen molar-refractivity contribution in [1.29, 1.82) is 0 Å². The Morgan fingerprint density at radius 2 is 2.38 bits per heavy atom. The molecule has 0 aliphatic carbocycles. The number of rotatable bonds is 3. The summed E-state index contributed by atoms with van der Waals surface area (Å²) in [6.07, 6.45) is 0.341. The van der Waals surface area contributed by atoms with Crippen LogP contribution in [0.15, 0.2) is 24.3 Å². The molecule has 1 aliphatic heterocycles. The van der Waals surface area contributed by atoms with E-state index in [1.807, 2.05) is 18.0 Å². The maximum Gasteiger partial charge on any atom is 0.125 e. The van der Waals surface area contributed by atoms with Crippen LogP contribution in [0.1, 0.15) is 0 Å². The molecule has 13 heavy (non-hydrogen) atoms. The van der Waals surface area contributed by atoms with E-state index in [-0.39, 0.29) is 5.82 Å².